The summed E-state index contributed by atoms with van der Waals surface area (Å²) in [5.41, 5.74) is 5.10. The van der Waals surface area contributed by atoms with Crippen LogP contribution in [0.1, 0.15) is 44.2 Å². The molecule has 2 amide bonds. The van der Waals surface area contributed by atoms with Gasteiger partial charge in [0.1, 0.15) is 17.3 Å². The van der Waals surface area contributed by atoms with Crippen LogP contribution >= 0.6 is 23.2 Å². The number of fused-ring (bicyclic) bond motifs is 2. The van der Waals surface area contributed by atoms with Gasteiger partial charge in [0, 0.05) is 16.6 Å². The molecule has 1 saturated heterocycles. The normalized spacial score (nSPS) is 27.6. The smallest absolute Gasteiger partial charge is 0.237 e. The summed E-state index contributed by atoms with van der Waals surface area (Å²) in [6.07, 6.45) is 0.321. The summed E-state index contributed by atoms with van der Waals surface area (Å²) in [5.74, 6) is -2.88. The number of carbonyl (C=O) groups excluding carboxylic acids is 2. The van der Waals surface area contributed by atoms with E-state index < -0.39 is 41.0 Å². The molecule has 2 heterocycles. The number of rotatable bonds is 3. The number of halogens is 3. The molecule has 9 heteroatoms. The lowest BCUT2D eigenvalue weighted by molar-refractivity contribution is -0.162. The number of amides is 2. The number of carbonyl (C=O) groups is 2. The fourth-order valence-corrected chi connectivity index (χ4v) is 5.63. The molecule has 4 atom stereocenters. The lowest BCUT2D eigenvalue weighted by Crippen LogP contribution is -2.50. The van der Waals surface area contributed by atoms with E-state index in [0.717, 1.165) is 5.06 Å². The highest BCUT2D eigenvalue weighted by Crippen LogP contribution is 2.59. The Balaban J connectivity index is 2.08. The third kappa shape index (κ3) is 3.39. The minimum Gasteiger partial charge on any atom is -0.368 e. The second kappa shape index (κ2) is 7.70. The van der Waals surface area contributed by atoms with Crippen LogP contribution in [0.2, 0.25) is 10.0 Å². The zero-order valence-corrected chi connectivity index (χ0v) is 19.3. The zero-order chi connectivity index (χ0) is 23.6. The van der Waals surface area contributed by atoms with Crippen LogP contribution < -0.4 is 11.1 Å². The summed E-state index contributed by atoms with van der Waals surface area (Å²) in [4.78, 5) is 26.4. The largest absolute Gasteiger partial charge is 0.368 e. The first-order chi connectivity index (χ1) is 14.9. The Morgan fingerprint density at radius 3 is 2.56 bits per heavy atom. The minimum absolute atomic E-state index is 0.141. The predicted octanol–water partition coefficient (Wildman–Crippen LogP) is 4.47. The average Bonchev–Trinajstić information content (AvgIpc) is 3.08. The van der Waals surface area contributed by atoms with E-state index in [0.29, 0.717) is 28.3 Å². The molecule has 4 rings (SSSR count). The summed E-state index contributed by atoms with van der Waals surface area (Å²) in [7, 11) is 0. The van der Waals surface area contributed by atoms with Crippen molar-refractivity contribution in [1.29, 1.82) is 0 Å². The maximum absolute atomic E-state index is 14.7. The quantitative estimate of drug-likeness (QED) is 0.604. The van der Waals surface area contributed by atoms with Crippen molar-refractivity contribution >= 4 is 40.7 Å². The van der Waals surface area contributed by atoms with Crippen molar-refractivity contribution in [3.63, 3.8) is 0 Å². The highest BCUT2D eigenvalue weighted by atomic mass is 35.5. The molecule has 4 unspecified atom stereocenters. The van der Waals surface area contributed by atoms with Gasteiger partial charge < -0.3 is 16.3 Å². The maximum atomic E-state index is 14.7. The molecule has 2 aromatic carbocycles. The van der Waals surface area contributed by atoms with Crippen LogP contribution in [0.4, 0.5) is 10.1 Å². The number of hydroxylamine groups is 2. The molecule has 2 aliphatic rings. The Morgan fingerprint density at radius 1 is 1.28 bits per heavy atom. The second-order valence-electron chi connectivity index (χ2n) is 9.68. The summed E-state index contributed by atoms with van der Waals surface area (Å²) < 4.78 is 14.7. The van der Waals surface area contributed by atoms with E-state index in [1.165, 1.54) is 12.1 Å². The van der Waals surface area contributed by atoms with Gasteiger partial charge >= 0.3 is 0 Å². The number of hydrogen-bond acceptors (Lipinski definition) is 4. The zero-order valence-electron chi connectivity index (χ0n) is 17.8. The van der Waals surface area contributed by atoms with Gasteiger partial charge in [-0.1, -0.05) is 56.1 Å². The van der Waals surface area contributed by atoms with Gasteiger partial charge in [-0.3, -0.25) is 9.59 Å². The summed E-state index contributed by atoms with van der Waals surface area (Å²) in [5, 5.41) is 15.2. The molecule has 0 aromatic heterocycles. The van der Waals surface area contributed by atoms with Crippen LogP contribution in [-0.4, -0.2) is 34.2 Å². The second-order valence-corrected chi connectivity index (χ2v) is 10.5. The number of nitrogens with one attached hydrogen (secondary N) is 1. The molecule has 6 nitrogen and oxygen atoms in total. The van der Waals surface area contributed by atoms with Gasteiger partial charge in [-0.2, -0.15) is 5.06 Å². The number of nitrogens with two attached hydrogens (primary N) is 1. The molecule has 4 N–H and O–H groups in total. The van der Waals surface area contributed by atoms with Gasteiger partial charge in [-0.15, -0.1) is 0 Å². The van der Waals surface area contributed by atoms with Gasteiger partial charge in [-0.05, 0) is 47.2 Å². The van der Waals surface area contributed by atoms with Crippen LogP contribution in [0.15, 0.2) is 36.4 Å². The molecule has 0 aliphatic carbocycles. The van der Waals surface area contributed by atoms with Crippen molar-refractivity contribution in [2.45, 2.75) is 50.6 Å². The average molecular weight is 480 g/mol. The van der Waals surface area contributed by atoms with Crippen molar-refractivity contribution in [3.8, 4) is 0 Å². The first-order valence-electron chi connectivity index (χ1n) is 10.2. The molecule has 2 aliphatic heterocycles. The molecule has 1 spiro atoms. The fraction of sp³-hybridized carbons (Fsp3) is 0.391. The van der Waals surface area contributed by atoms with Gasteiger partial charge in [0.2, 0.25) is 11.8 Å². The van der Waals surface area contributed by atoms with Gasteiger partial charge in [0.25, 0.3) is 0 Å². The summed E-state index contributed by atoms with van der Waals surface area (Å²) in [6, 6.07) is 7.16. The molecule has 0 saturated carbocycles. The minimum atomic E-state index is -1.51. The number of benzene rings is 2. The lowest BCUT2D eigenvalue weighted by atomic mass is 9.62. The third-order valence-corrected chi connectivity index (χ3v) is 6.90. The Hall–Kier alpha value is -2.19. The molecule has 0 bridgehead atoms. The van der Waals surface area contributed by atoms with Crippen molar-refractivity contribution in [3.05, 3.63) is 63.4 Å². The van der Waals surface area contributed by atoms with Crippen molar-refractivity contribution in [1.82, 2.24) is 5.06 Å². The van der Waals surface area contributed by atoms with E-state index in [9.17, 15) is 19.2 Å². The van der Waals surface area contributed by atoms with Crippen molar-refractivity contribution in [2.24, 2.45) is 11.1 Å². The van der Waals surface area contributed by atoms with E-state index in [2.05, 4.69) is 5.32 Å². The van der Waals surface area contributed by atoms with E-state index >= 15 is 0 Å². The highest BCUT2D eigenvalue weighted by molar-refractivity contribution is 6.31. The van der Waals surface area contributed by atoms with Crippen LogP contribution in [0, 0.1) is 11.2 Å². The van der Waals surface area contributed by atoms with E-state index in [-0.39, 0.29) is 10.4 Å². The first-order valence-corrected chi connectivity index (χ1v) is 11.0. The van der Waals surface area contributed by atoms with Gasteiger partial charge in [0.15, 0.2) is 0 Å². The Morgan fingerprint density at radius 2 is 1.97 bits per heavy atom. The molecular formula is C23H24Cl2FN3O3. The standard InChI is InChI=1S/C23H24Cl2FN3O3/c1-22(2,3)10-17-23(13-8-15(26)14(25)9-16(13)28-21(23)31)18(19(20(27)30)29(17)32)11-5-4-6-12(24)7-11/h4-9,17-19,32H,10H2,1-3H3,(H2,27,30)(H,28,31). The molecule has 1 fully saturated rings. The SMILES string of the molecule is CC(C)(C)CC1N(O)C(C(N)=O)C(c2cccc(Cl)c2)C12C(=O)Nc1cc(Cl)c(F)cc12. The lowest BCUT2D eigenvalue weighted by Gasteiger charge is -2.38. The van der Waals surface area contributed by atoms with Gasteiger partial charge in [0.05, 0.1) is 11.1 Å². The van der Waals surface area contributed by atoms with E-state index in [1.54, 1.807) is 24.3 Å². The topological polar surface area (TPSA) is 95.7 Å². The monoisotopic (exact) mass is 479 g/mol. The molecular weight excluding hydrogens is 456 g/mol. The number of primary amides is 1. The van der Waals surface area contributed by atoms with Crippen LogP contribution in [-0.2, 0) is 15.0 Å². The molecule has 170 valence electrons. The van der Waals surface area contributed by atoms with Gasteiger partial charge in [-0.25, -0.2) is 4.39 Å². The molecule has 0 radical (unpaired) electrons. The summed E-state index contributed by atoms with van der Waals surface area (Å²) >= 11 is 12.2. The first kappa shape index (κ1) is 23.0. The van der Waals surface area contributed by atoms with Crippen LogP contribution in [0.3, 0.4) is 0 Å². The number of anilines is 1. The predicted molar refractivity (Wildman–Crippen MR) is 120 cm³/mol. The maximum Gasteiger partial charge on any atom is 0.237 e. The Bertz CT molecular complexity index is 1120. The van der Waals surface area contributed by atoms with E-state index in [4.69, 9.17) is 28.9 Å². The van der Waals surface area contributed by atoms with Crippen LogP contribution in [0.25, 0.3) is 0 Å². The Labute approximate surface area is 195 Å². The Kier molecular flexibility index (Phi) is 5.53. The van der Waals surface area contributed by atoms with Crippen molar-refractivity contribution < 1.29 is 19.2 Å². The van der Waals surface area contributed by atoms with E-state index in [1.807, 2.05) is 20.8 Å². The molecule has 32 heavy (non-hydrogen) atoms. The molecule has 2 aromatic rings. The summed E-state index contributed by atoms with van der Waals surface area (Å²) in [6.45, 7) is 5.87. The highest BCUT2D eigenvalue weighted by Gasteiger charge is 2.69. The fourth-order valence-electron chi connectivity index (χ4n) is 5.27. The van der Waals surface area contributed by atoms with Crippen LogP contribution in [0.5, 0.6) is 0 Å². The third-order valence-electron chi connectivity index (χ3n) is 6.37. The van der Waals surface area contributed by atoms with Crippen molar-refractivity contribution in [2.75, 3.05) is 5.32 Å². The number of hydrogen-bond donors (Lipinski definition) is 3. The number of nitrogens with zero attached hydrogens (tertiary/aromatic N) is 1.